The molecule has 0 spiro atoms. The summed E-state index contributed by atoms with van der Waals surface area (Å²) < 4.78 is 0. The summed E-state index contributed by atoms with van der Waals surface area (Å²) in [6, 6.07) is 2.41. The Bertz CT molecular complexity index is 221. The summed E-state index contributed by atoms with van der Waals surface area (Å²) >= 11 is 0. The molecular weight excluding hydrogens is 208 g/mol. The Labute approximate surface area is 107 Å². The second kappa shape index (κ2) is 6.19. The summed E-state index contributed by atoms with van der Waals surface area (Å²) in [5.74, 6) is 0.966. The average Bonchev–Trinajstić information content (AvgIpc) is 2.78. The molecule has 2 aliphatic rings. The standard InChI is InChI=1S/C15H30N2/c1-4-16-14-6-5-7-15(14)17(3)13-10-8-12(2)9-11-13/h12-16H,4-11H2,1-3H3. The van der Waals surface area contributed by atoms with E-state index >= 15 is 0 Å². The first-order chi connectivity index (χ1) is 8.22. The van der Waals surface area contributed by atoms with Crippen LogP contribution in [0.15, 0.2) is 0 Å². The lowest BCUT2D eigenvalue weighted by Crippen LogP contribution is -2.49. The van der Waals surface area contributed by atoms with E-state index in [0.29, 0.717) is 0 Å². The number of rotatable bonds is 4. The molecule has 1 N–H and O–H groups in total. The molecule has 17 heavy (non-hydrogen) atoms. The highest BCUT2D eigenvalue weighted by atomic mass is 15.2. The smallest absolute Gasteiger partial charge is 0.0249 e. The molecule has 0 aromatic carbocycles. The quantitative estimate of drug-likeness (QED) is 0.810. The van der Waals surface area contributed by atoms with Crippen LogP contribution in [0.5, 0.6) is 0 Å². The van der Waals surface area contributed by atoms with Gasteiger partial charge in [0.1, 0.15) is 0 Å². The van der Waals surface area contributed by atoms with Crippen molar-refractivity contribution in [2.45, 2.75) is 76.9 Å². The molecule has 2 atom stereocenters. The fourth-order valence-corrected chi connectivity index (χ4v) is 3.85. The summed E-state index contributed by atoms with van der Waals surface area (Å²) in [5, 5.41) is 3.68. The zero-order chi connectivity index (χ0) is 12.3. The van der Waals surface area contributed by atoms with Crippen LogP contribution in [0.25, 0.3) is 0 Å². The maximum Gasteiger partial charge on any atom is 0.0249 e. The zero-order valence-corrected chi connectivity index (χ0v) is 11.9. The third-order valence-electron chi connectivity index (χ3n) is 5.03. The van der Waals surface area contributed by atoms with Crippen LogP contribution < -0.4 is 5.32 Å². The SMILES string of the molecule is CCNC1CCCC1N(C)C1CCC(C)CC1. The summed E-state index contributed by atoms with van der Waals surface area (Å²) in [4.78, 5) is 2.71. The van der Waals surface area contributed by atoms with Crippen molar-refractivity contribution in [3.8, 4) is 0 Å². The van der Waals surface area contributed by atoms with Crippen LogP contribution in [-0.2, 0) is 0 Å². The summed E-state index contributed by atoms with van der Waals surface area (Å²) in [5.41, 5.74) is 0. The van der Waals surface area contributed by atoms with Gasteiger partial charge >= 0.3 is 0 Å². The van der Waals surface area contributed by atoms with Crippen LogP contribution in [-0.4, -0.2) is 36.6 Å². The van der Waals surface area contributed by atoms with E-state index in [-0.39, 0.29) is 0 Å². The Morgan fingerprint density at radius 1 is 1.06 bits per heavy atom. The number of hydrogen-bond donors (Lipinski definition) is 1. The molecule has 2 nitrogen and oxygen atoms in total. The number of nitrogens with zero attached hydrogens (tertiary/aromatic N) is 1. The van der Waals surface area contributed by atoms with Gasteiger partial charge in [-0.1, -0.05) is 20.3 Å². The molecule has 100 valence electrons. The maximum absolute atomic E-state index is 3.68. The minimum atomic E-state index is 0.754. The van der Waals surface area contributed by atoms with E-state index in [2.05, 4.69) is 31.1 Å². The maximum atomic E-state index is 3.68. The van der Waals surface area contributed by atoms with Gasteiger partial charge in [-0.25, -0.2) is 0 Å². The Balaban J connectivity index is 1.87. The Morgan fingerprint density at radius 3 is 2.41 bits per heavy atom. The first-order valence-electron chi connectivity index (χ1n) is 7.67. The van der Waals surface area contributed by atoms with E-state index in [4.69, 9.17) is 0 Å². The van der Waals surface area contributed by atoms with Crippen molar-refractivity contribution < 1.29 is 0 Å². The molecule has 0 heterocycles. The fourth-order valence-electron chi connectivity index (χ4n) is 3.85. The molecule has 0 radical (unpaired) electrons. The van der Waals surface area contributed by atoms with Crippen molar-refractivity contribution in [1.29, 1.82) is 0 Å². The summed E-state index contributed by atoms with van der Waals surface area (Å²) in [7, 11) is 2.38. The highest BCUT2D eigenvalue weighted by Crippen LogP contribution is 2.31. The van der Waals surface area contributed by atoms with Gasteiger partial charge in [-0.15, -0.1) is 0 Å². The van der Waals surface area contributed by atoms with E-state index in [1.165, 1.54) is 44.9 Å². The molecule has 0 amide bonds. The first-order valence-corrected chi connectivity index (χ1v) is 7.67. The Morgan fingerprint density at radius 2 is 1.76 bits per heavy atom. The van der Waals surface area contributed by atoms with E-state index in [0.717, 1.165) is 30.6 Å². The lowest BCUT2D eigenvalue weighted by molar-refractivity contribution is 0.110. The van der Waals surface area contributed by atoms with E-state index in [1.54, 1.807) is 0 Å². The Hall–Kier alpha value is -0.0800. The van der Waals surface area contributed by atoms with Gasteiger partial charge in [0, 0.05) is 18.1 Å². The van der Waals surface area contributed by atoms with Gasteiger partial charge in [0.2, 0.25) is 0 Å². The molecule has 0 aromatic heterocycles. The van der Waals surface area contributed by atoms with Crippen molar-refractivity contribution in [3.63, 3.8) is 0 Å². The van der Waals surface area contributed by atoms with Crippen LogP contribution >= 0.6 is 0 Å². The van der Waals surface area contributed by atoms with Crippen LogP contribution in [0.1, 0.15) is 58.8 Å². The van der Waals surface area contributed by atoms with Crippen molar-refractivity contribution >= 4 is 0 Å². The van der Waals surface area contributed by atoms with Gasteiger partial charge in [0.25, 0.3) is 0 Å². The van der Waals surface area contributed by atoms with Crippen LogP contribution in [0.2, 0.25) is 0 Å². The molecule has 0 saturated heterocycles. The normalized spacial score (nSPS) is 38.8. The third kappa shape index (κ3) is 3.23. The third-order valence-corrected chi connectivity index (χ3v) is 5.03. The highest BCUT2D eigenvalue weighted by Gasteiger charge is 2.33. The molecule has 2 rings (SSSR count). The van der Waals surface area contributed by atoms with Gasteiger partial charge < -0.3 is 5.32 Å². The highest BCUT2D eigenvalue weighted by molar-refractivity contribution is 4.92. The first kappa shape index (κ1) is 13.4. The van der Waals surface area contributed by atoms with Gasteiger partial charge in [-0.3, -0.25) is 4.90 Å². The summed E-state index contributed by atoms with van der Waals surface area (Å²) in [6.45, 7) is 5.77. The van der Waals surface area contributed by atoms with Crippen LogP contribution in [0.4, 0.5) is 0 Å². The molecular formula is C15H30N2. The minimum Gasteiger partial charge on any atom is -0.313 e. The van der Waals surface area contributed by atoms with Crippen molar-refractivity contribution in [2.75, 3.05) is 13.6 Å². The second-order valence-electron chi connectivity index (χ2n) is 6.24. The van der Waals surface area contributed by atoms with Gasteiger partial charge in [-0.2, -0.15) is 0 Å². The topological polar surface area (TPSA) is 15.3 Å². The van der Waals surface area contributed by atoms with Crippen molar-refractivity contribution in [1.82, 2.24) is 10.2 Å². The van der Waals surface area contributed by atoms with Gasteiger partial charge in [0.05, 0.1) is 0 Å². The zero-order valence-electron chi connectivity index (χ0n) is 11.9. The average molecular weight is 238 g/mol. The second-order valence-corrected chi connectivity index (χ2v) is 6.24. The van der Waals surface area contributed by atoms with Crippen LogP contribution in [0, 0.1) is 5.92 Å². The van der Waals surface area contributed by atoms with Crippen LogP contribution in [0.3, 0.4) is 0 Å². The van der Waals surface area contributed by atoms with E-state index in [9.17, 15) is 0 Å². The minimum absolute atomic E-state index is 0.754. The molecule has 2 aliphatic carbocycles. The number of nitrogens with one attached hydrogen (secondary N) is 1. The molecule has 0 aliphatic heterocycles. The number of hydrogen-bond acceptors (Lipinski definition) is 2. The van der Waals surface area contributed by atoms with E-state index < -0.39 is 0 Å². The van der Waals surface area contributed by atoms with Gasteiger partial charge in [0.15, 0.2) is 0 Å². The van der Waals surface area contributed by atoms with E-state index in [1.807, 2.05) is 0 Å². The largest absolute Gasteiger partial charge is 0.313 e. The predicted octanol–water partition coefficient (Wildman–Crippen LogP) is 3.03. The van der Waals surface area contributed by atoms with Gasteiger partial charge in [-0.05, 0) is 58.0 Å². The fraction of sp³-hybridized carbons (Fsp3) is 1.00. The lowest BCUT2D eigenvalue weighted by Gasteiger charge is -2.39. The predicted molar refractivity (Wildman–Crippen MR) is 74.3 cm³/mol. The van der Waals surface area contributed by atoms with Crippen molar-refractivity contribution in [2.24, 2.45) is 5.92 Å². The number of likely N-dealkylation sites (N-methyl/N-ethyl adjacent to an activating group) is 2. The lowest BCUT2D eigenvalue weighted by atomic mass is 9.86. The molecule has 2 unspecified atom stereocenters. The molecule has 2 heteroatoms. The molecule has 0 bridgehead atoms. The monoisotopic (exact) mass is 238 g/mol. The molecule has 0 aromatic rings. The summed E-state index contributed by atoms with van der Waals surface area (Å²) in [6.07, 6.45) is 9.92. The molecule has 2 saturated carbocycles. The Kier molecular flexibility index (Phi) is 4.87. The molecule has 2 fully saturated rings. The van der Waals surface area contributed by atoms with Crippen molar-refractivity contribution in [3.05, 3.63) is 0 Å².